The Morgan fingerprint density at radius 3 is 3.12 bits per heavy atom. The fourth-order valence-corrected chi connectivity index (χ4v) is 3.22. The van der Waals surface area contributed by atoms with Crippen LogP contribution in [0.15, 0.2) is 18.2 Å². The maximum atomic E-state index is 5.89. The third-order valence-corrected chi connectivity index (χ3v) is 4.10. The standard InChI is InChI=1S/C13H18ClN3/c14-12-4-1-5-13(16-12)15-10-6-8-17-7-2-3-11(17)9-10/h1,4-5,10-11H,2-3,6-9H2,(H,15,16). The summed E-state index contributed by atoms with van der Waals surface area (Å²) in [4.78, 5) is 6.92. The highest BCUT2D eigenvalue weighted by molar-refractivity contribution is 6.29. The van der Waals surface area contributed by atoms with Crippen molar-refractivity contribution in [2.75, 3.05) is 18.4 Å². The maximum Gasteiger partial charge on any atom is 0.131 e. The van der Waals surface area contributed by atoms with Crippen LogP contribution in [0.2, 0.25) is 5.15 Å². The van der Waals surface area contributed by atoms with Crippen molar-refractivity contribution < 1.29 is 0 Å². The summed E-state index contributed by atoms with van der Waals surface area (Å²) in [6, 6.07) is 7.10. The maximum absolute atomic E-state index is 5.89. The van der Waals surface area contributed by atoms with Crippen molar-refractivity contribution in [3.05, 3.63) is 23.4 Å². The zero-order valence-corrected chi connectivity index (χ0v) is 10.7. The first-order chi connectivity index (χ1) is 8.31. The molecule has 92 valence electrons. The molecule has 0 spiro atoms. The number of fused-ring (bicyclic) bond motifs is 1. The normalized spacial score (nSPS) is 29.0. The lowest BCUT2D eigenvalue weighted by Crippen LogP contribution is -2.42. The van der Waals surface area contributed by atoms with Gasteiger partial charge in [-0.15, -0.1) is 0 Å². The van der Waals surface area contributed by atoms with Crippen LogP contribution < -0.4 is 5.32 Å². The zero-order valence-electron chi connectivity index (χ0n) is 9.90. The second kappa shape index (κ2) is 4.83. The molecule has 2 atom stereocenters. The molecule has 1 aromatic heterocycles. The number of nitrogens with one attached hydrogen (secondary N) is 1. The van der Waals surface area contributed by atoms with Crippen LogP contribution in [0, 0.1) is 0 Å². The van der Waals surface area contributed by atoms with Crippen molar-refractivity contribution in [1.29, 1.82) is 0 Å². The second-order valence-corrected chi connectivity index (χ2v) is 5.43. The largest absolute Gasteiger partial charge is 0.367 e. The zero-order chi connectivity index (χ0) is 11.7. The molecule has 0 bridgehead atoms. The van der Waals surface area contributed by atoms with E-state index in [2.05, 4.69) is 15.2 Å². The Morgan fingerprint density at radius 1 is 1.29 bits per heavy atom. The second-order valence-electron chi connectivity index (χ2n) is 5.04. The Hall–Kier alpha value is -0.800. The van der Waals surface area contributed by atoms with Crippen molar-refractivity contribution in [1.82, 2.24) is 9.88 Å². The first-order valence-corrected chi connectivity index (χ1v) is 6.82. The molecule has 0 saturated carbocycles. The number of aromatic nitrogens is 1. The summed E-state index contributed by atoms with van der Waals surface area (Å²) in [5.41, 5.74) is 0. The Balaban J connectivity index is 1.62. The van der Waals surface area contributed by atoms with Gasteiger partial charge < -0.3 is 10.2 Å². The number of pyridine rings is 1. The molecule has 0 aliphatic carbocycles. The number of hydrogen-bond acceptors (Lipinski definition) is 3. The highest BCUT2D eigenvalue weighted by Gasteiger charge is 2.31. The first kappa shape index (κ1) is 11.3. The van der Waals surface area contributed by atoms with E-state index in [-0.39, 0.29) is 0 Å². The minimum absolute atomic E-state index is 0.556. The van der Waals surface area contributed by atoms with E-state index in [0.717, 1.165) is 11.9 Å². The summed E-state index contributed by atoms with van der Waals surface area (Å²) in [5.74, 6) is 0.911. The van der Waals surface area contributed by atoms with Crippen molar-refractivity contribution in [3.63, 3.8) is 0 Å². The number of hydrogen-bond donors (Lipinski definition) is 1. The van der Waals surface area contributed by atoms with Gasteiger partial charge in [-0.3, -0.25) is 0 Å². The van der Waals surface area contributed by atoms with E-state index in [9.17, 15) is 0 Å². The number of nitrogens with zero attached hydrogens (tertiary/aromatic N) is 2. The minimum Gasteiger partial charge on any atom is -0.367 e. The van der Waals surface area contributed by atoms with Crippen LogP contribution in [0.4, 0.5) is 5.82 Å². The fraction of sp³-hybridized carbons (Fsp3) is 0.615. The highest BCUT2D eigenvalue weighted by atomic mass is 35.5. The molecular weight excluding hydrogens is 234 g/mol. The smallest absolute Gasteiger partial charge is 0.131 e. The molecule has 3 heterocycles. The molecule has 4 heteroatoms. The van der Waals surface area contributed by atoms with Gasteiger partial charge in [0.25, 0.3) is 0 Å². The molecule has 1 aromatic rings. The molecule has 2 saturated heterocycles. The number of halogens is 1. The van der Waals surface area contributed by atoms with Gasteiger partial charge in [0.2, 0.25) is 0 Å². The Morgan fingerprint density at radius 2 is 2.24 bits per heavy atom. The van der Waals surface area contributed by atoms with E-state index >= 15 is 0 Å². The summed E-state index contributed by atoms with van der Waals surface area (Å²) in [6.45, 7) is 2.52. The molecule has 1 N–H and O–H groups in total. The van der Waals surface area contributed by atoms with Gasteiger partial charge in [-0.05, 0) is 44.4 Å². The number of piperidine rings is 1. The van der Waals surface area contributed by atoms with Crippen LogP contribution in [0.25, 0.3) is 0 Å². The SMILES string of the molecule is Clc1cccc(NC2CCN3CCCC3C2)n1. The number of rotatable bonds is 2. The molecule has 3 nitrogen and oxygen atoms in total. The average molecular weight is 252 g/mol. The lowest BCUT2D eigenvalue weighted by molar-refractivity contribution is 0.188. The number of anilines is 1. The van der Waals surface area contributed by atoms with Gasteiger partial charge >= 0.3 is 0 Å². The van der Waals surface area contributed by atoms with E-state index in [4.69, 9.17) is 11.6 Å². The van der Waals surface area contributed by atoms with E-state index in [0.29, 0.717) is 11.2 Å². The van der Waals surface area contributed by atoms with Crippen LogP contribution in [0.5, 0.6) is 0 Å². The summed E-state index contributed by atoms with van der Waals surface area (Å²) in [6.07, 6.45) is 5.19. The summed E-state index contributed by atoms with van der Waals surface area (Å²) < 4.78 is 0. The molecule has 0 aromatic carbocycles. The van der Waals surface area contributed by atoms with Crippen molar-refractivity contribution in [3.8, 4) is 0 Å². The third kappa shape index (κ3) is 2.55. The van der Waals surface area contributed by atoms with Gasteiger partial charge in [0.05, 0.1) is 0 Å². The molecule has 17 heavy (non-hydrogen) atoms. The summed E-state index contributed by atoms with van der Waals surface area (Å²) in [7, 11) is 0. The van der Waals surface area contributed by atoms with Crippen LogP contribution in [0.1, 0.15) is 25.7 Å². The van der Waals surface area contributed by atoms with Crippen LogP contribution in [-0.2, 0) is 0 Å². The lowest BCUT2D eigenvalue weighted by atomic mass is 9.97. The van der Waals surface area contributed by atoms with Crippen molar-refractivity contribution in [2.24, 2.45) is 0 Å². The van der Waals surface area contributed by atoms with Gasteiger partial charge in [0.1, 0.15) is 11.0 Å². The molecule has 0 radical (unpaired) electrons. The third-order valence-electron chi connectivity index (χ3n) is 3.89. The van der Waals surface area contributed by atoms with Crippen LogP contribution in [-0.4, -0.2) is 35.1 Å². The Labute approximate surface area is 107 Å². The van der Waals surface area contributed by atoms with E-state index in [1.54, 1.807) is 0 Å². The molecule has 0 amide bonds. The lowest BCUT2D eigenvalue weighted by Gasteiger charge is -2.35. The molecule has 2 aliphatic rings. The van der Waals surface area contributed by atoms with Gasteiger partial charge in [-0.1, -0.05) is 17.7 Å². The molecule has 3 rings (SSSR count). The first-order valence-electron chi connectivity index (χ1n) is 6.44. The van der Waals surface area contributed by atoms with Crippen LogP contribution >= 0.6 is 11.6 Å². The molecule has 2 aliphatic heterocycles. The summed E-state index contributed by atoms with van der Waals surface area (Å²) in [5, 5.41) is 4.08. The average Bonchev–Trinajstić information content (AvgIpc) is 2.76. The fourth-order valence-electron chi connectivity index (χ4n) is 3.05. The Kier molecular flexibility index (Phi) is 3.21. The van der Waals surface area contributed by atoms with Gasteiger partial charge in [0, 0.05) is 18.6 Å². The predicted octanol–water partition coefficient (Wildman–Crippen LogP) is 2.77. The van der Waals surface area contributed by atoms with Crippen molar-refractivity contribution >= 4 is 17.4 Å². The highest BCUT2D eigenvalue weighted by Crippen LogP contribution is 2.28. The monoisotopic (exact) mass is 251 g/mol. The van der Waals surface area contributed by atoms with Gasteiger partial charge in [-0.2, -0.15) is 0 Å². The minimum atomic E-state index is 0.556. The van der Waals surface area contributed by atoms with E-state index < -0.39 is 0 Å². The Bertz CT molecular complexity index is 396. The summed E-state index contributed by atoms with van der Waals surface area (Å²) >= 11 is 5.89. The topological polar surface area (TPSA) is 28.2 Å². The van der Waals surface area contributed by atoms with Gasteiger partial charge in [0.15, 0.2) is 0 Å². The van der Waals surface area contributed by atoms with Crippen molar-refractivity contribution in [2.45, 2.75) is 37.8 Å². The predicted molar refractivity (Wildman–Crippen MR) is 70.5 cm³/mol. The van der Waals surface area contributed by atoms with Gasteiger partial charge in [-0.25, -0.2) is 4.98 Å². The molecule has 2 unspecified atom stereocenters. The van der Waals surface area contributed by atoms with E-state index in [1.165, 1.54) is 38.8 Å². The quantitative estimate of drug-likeness (QED) is 0.820. The molecule has 2 fully saturated rings. The van der Waals surface area contributed by atoms with E-state index in [1.807, 2.05) is 18.2 Å². The van der Waals surface area contributed by atoms with Crippen LogP contribution in [0.3, 0.4) is 0 Å². The molecular formula is C13H18ClN3.